The normalized spacial score (nSPS) is 21.2. The Morgan fingerprint density at radius 1 is 1.35 bits per heavy atom. The van der Waals surface area contributed by atoms with Gasteiger partial charge >= 0.3 is 0 Å². The highest BCUT2D eigenvalue weighted by molar-refractivity contribution is 5.59. The van der Waals surface area contributed by atoms with Crippen molar-refractivity contribution in [3.8, 4) is 6.07 Å². The summed E-state index contributed by atoms with van der Waals surface area (Å²) >= 11 is 0. The average Bonchev–Trinajstić information content (AvgIpc) is 2.39. The van der Waals surface area contributed by atoms with E-state index in [1.807, 2.05) is 18.2 Å². The summed E-state index contributed by atoms with van der Waals surface area (Å²) in [6, 6.07) is 10.8. The van der Waals surface area contributed by atoms with Gasteiger partial charge in [-0.15, -0.1) is 0 Å². The topological polar surface area (TPSA) is 30.3 Å². The van der Waals surface area contributed by atoms with Crippen LogP contribution in [0, 0.1) is 11.3 Å². The van der Waals surface area contributed by atoms with E-state index in [2.05, 4.69) is 35.9 Å². The van der Waals surface area contributed by atoms with Crippen LogP contribution in [0.1, 0.15) is 18.9 Å². The SMILES string of the molecule is CCC1CN(c2ccccc2C#N)CCN1C. The van der Waals surface area contributed by atoms with Gasteiger partial charge in [0.2, 0.25) is 0 Å². The lowest BCUT2D eigenvalue weighted by molar-refractivity contribution is 0.213. The molecule has 0 bridgehead atoms. The third kappa shape index (κ3) is 2.42. The molecule has 0 N–H and O–H groups in total. The predicted molar refractivity (Wildman–Crippen MR) is 70.1 cm³/mol. The van der Waals surface area contributed by atoms with Crippen molar-refractivity contribution in [1.29, 1.82) is 5.26 Å². The number of hydrogen-bond acceptors (Lipinski definition) is 3. The van der Waals surface area contributed by atoms with Crippen LogP contribution >= 0.6 is 0 Å². The third-order valence-electron chi connectivity index (χ3n) is 3.61. The minimum absolute atomic E-state index is 0.593. The van der Waals surface area contributed by atoms with E-state index in [0.717, 1.165) is 37.3 Å². The van der Waals surface area contributed by atoms with Crippen molar-refractivity contribution in [2.24, 2.45) is 0 Å². The Labute approximate surface area is 103 Å². The first-order chi connectivity index (χ1) is 8.26. The Hall–Kier alpha value is -1.53. The summed E-state index contributed by atoms with van der Waals surface area (Å²) in [4.78, 5) is 4.75. The maximum Gasteiger partial charge on any atom is 0.101 e. The largest absolute Gasteiger partial charge is 0.368 e. The van der Waals surface area contributed by atoms with Crippen LogP contribution in [0.15, 0.2) is 24.3 Å². The molecule has 90 valence electrons. The van der Waals surface area contributed by atoms with Crippen molar-refractivity contribution in [2.75, 3.05) is 31.6 Å². The highest BCUT2D eigenvalue weighted by atomic mass is 15.3. The van der Waals surface area contributed by atoms with E-state index in [4.69, 9.17) is 5.26 Å². The molecule has 0 saturated carbocycles. The first-order valence-corrected chi connectivity index (χ1v) is 6.20. The van der Waals surface area contributed by atoms with E-state index in [-0.39, 0.29) is 0 Å². The van der Waals surface area contributed by atoms with Crippen LogP contribution in [0.25, 0.3) is 0 Å². The standard InChI is InChI=1S/C14H19N3/c1-3-13-11-17(9-8-16(13)2)14-7-5-4-6-12(14)10-15/h4-7,13H,3,8-9,11H2,1-2H3. The Bertz CT molecular complexity index is 422. The number of piperazine rings is 1. The highest BCUT2D eigenvalue weighted by Gasteiger charge is 2.23. The van der Waals surface area contributed by atoms with Gasteiger partial charge < -0.3 is 4.90 Å². The Morgan fingerprint density at radius 2 is 2.12 bits per heavy atom. The molecule has 1 aromatic carbocycles. The Kier molecular flexibility index (Phi) is 3.65. The highest BCUT2D eigenvalue weighted by Crippen LogP contribution is 2.23. The van der Waals surface area contributed by atoms with Crippen molar-refractivity contribution in [2.45, 2.75) is 19.4 Å². The van der Waals surface area contributed by atoms with Crippen LogP contribution < -0.4 is 4.90 Å². The van der Waals surface area contributed by atoms with Gasteiger partial charge in [-0.1, -0.05) is 19.1 Å². The van der Waals surface area contributed by atoms with Gasteiger partial charge in [0.15, 0.2) is 0 Å². The molecule has 0 amide bonds. The summed E-state index contributed by atoms with van der Waals surface area (Å²) in [6.07, 6.45) is 1.15. The summed E-state index contributed by atoms with van der Waals surface area (Å²) < 4.78 is 0. The molecular weight excluding hydrogens is 210 g/mol. The molecular formula is C14H19N3. The summed E-state index contributed by atoms with van der Waals surface area (Å²) in [6.45, 7) is 5.32. The second-order valence-corrected chi connectivity index (χ2v) is 4.62. The number of anilines is 1. The fourth-order valence-electron chi connectivity index (χ4n) is 2.45. The van der Waals surface area contributed by atoms with Gasteiger partial charge in [-0.3, -0.25) is 4.90 Å². The van der Waals surface area contributed by atoms with Crippen molar-refractivity contribution in [1.82, 2.24) is 4.90 Å². The van der Waals surface area contributed by atoms with Crippen molar-refractivity contribution >= 4 is 5.69 Å². The molecule has 1 saturated heterocycles. The lowest BCUT2D eigenvalue weighted by Crippen LogP contribution is -2.51. The monoisotopic (exact) mass is 229 g/mol. The van der Waals surface area contributed by atoms with Crippen LogP contribution in [-0.4, -0.2) is 37.6 Å². The summed E-state index contributed by atoms with van der Waals surface area (Å²) in [7, 11) is 2.18. The van der Waals surface area contributed by atoms with E-state index in [1.165, 1.54) is 0 Å². The molecule has 3 nitrogen and oxygen atoms in total. The van der Waals surface area contributed by atoms with Gasteiger partial charge in [-0.2, -0.15) is 5.26 Å². The Morgan fingerprint density at radius 3 is 2.82 bits per heavy atom. The van der Waals surface area contributed by atoms with E-state index >= 15 is 0 Å². The molecule has 0 aliphatic carbocycles. The molecule has 3 heteroatoms. The van der Waals surface area contributed by atoms with Gasteiger partial charge in [0.05, 0.1) is 11.3 Å². The van der Waals surface area contributed by atoms with E-state index in [1.54, 1.807) is 0 Å². The maximum atomic E-state index is 9.14. The quantitative estimate of drug-likeness (QED) is 0.778. The molecule has 0 radical (unpaired) electrons. The molecule has 0 spiro atoms. The molecule has 1 atom stereocenters. The number of para-hydroxylation sites is 1. The summed E-state index contributed by atoms with van der Waals surface area (Å²) in [5.74, 6) is 0. The second-order valence-electron chi connectivity index (χ2n) is 4.62. The molecule has 1 aromatic rings. The second kappa shape index (κ2) is 5.20. The molecule has 1 aliphatic heterocycles. The average molecular weight is 229 g/mol. The number of hydrogen-bond donors (Lipinski definition) is 0. The van der Waals surface area contributed by atoms with E-state index in [0.29, 0.717) is 6.04 Å². The van der Waals surface area contributed by atoms with Gasteiger partial charge in [-0.05, 0) is 25.6 Å². The van der Waals surface area contributed by atoms with Crippen molar-refractivity contribution < 1.29 is 0 Å². The minimum atomic E-state index is 0.593. The predicted octanol–water partition coefficient (Wildman–Crippen LogP) is 2.09. The zero-order valence-electron chi connectivity index (χ0n) is 10.6. The molecule has 17 heavy (non-hydrogen) atoms. The van der Waals surface area contributed by atoms with Crippen molar-refractivity contribution in [3.05, 3.63) is 29.8 Å². The van der Waals surface area contributed by atoms with E-state index in [9.17, 15) is 0 Å². The van der Waals surface area contributed by atoms with Gasteiger partial charge in [0, 0.05) is 25.7 Å². The lowest BCUT2D eigenvalue weighted by atomic mass is 10.1. The first kappa shape index (κ1) is 11.9. The van der Waals surface area contributed by atoms with Crippen LogP contribution in [0.3, 0.4) is 0 Å². The van der Waals surface area contributed by atoms with Gasteiger partial charge in [0.1, 0.15) is 6.07 Å². The number of nitriles is 1. The fraction of sp³-hybridized carbons (Fsp3) is 0.500. The third-order valence-corrected chi connectivity index (χ3v) is 3.61. The first-order valence-electron chi connectivity index (χ1n) is 6.20. The fourth-order valence-corrected chi connectivity index (χ4v) is 2.45. The Balaban J connectivity index is 2.21. The number of nitrogens with zero attached hydrogens (tertiary/aromatic N) is 3. The molecule has 1 fully saturated rings. The zero-order valence-corrected chi connectivity index (χ0v) is 10.6. The molecule has 0 aromatic heterocycles. The molecule has 1 aliphatic rings. The summed E-state index contributed by atoms with van der Waals surface area (Å²) in [5, 5.41) is 9.14. The van der Waals surface area contributed by atoms with Gasteiger partial charge in [0.25, 0.3) is 0 Å². The lowest BCUT2D eigenvalue weighted by Gasteiger charge is -2.40. The van der Waals surface area contributed by atoms with Crippen molar-refractivity contribution in [3.63, 3.8) is 0 Å². The van der Waals surface area contributed by atoms with Crippen LogP contribution in [0.2, 0.25) is 0 Å². The molecule has 2 rings (SSSR count). The zero-order chi connectivity index (χ0) is 12.3. The molecule has 1 unspecified atom stereocenters. The maximum absolute atomic E-state index is 9.14. The minimum Gasteiger partial charge on any atom is -0.368 e. The van der Waals surface area contributed by atoms with Crippen LogP contribution in [0.5, 0.6) is 0 Å². The number of benzene rings is 1. The van der Waals surface area contributed by atoms with Crippen LogP contribution in [-0.2, 0) is 0 Å². The smallest absolute Gasteiger partial charge is 0.101 e. The summed E-state index contributed by atoms with van der Waals surface area (Å²) in [5.41, 5.74) is 1.87. The number of likely N-dealkylation sites (N-methyl/N-ethyl adjacent to an activating group) is 1. The van der Waals surface area contributed by atoms with Crippen LogP contribution in [0.4, 0.5) is 5.69 Å². The van der Waals surface area contributed by atoms with Gasteiger partial charge in [-0.25, -0.2) is 0 Å². The number of rotatable bonds is 2. The molecule has 1 heterocycles. The van der Waals surface area contributed by atoms with E-state index < -0.39 is 0 Å².